The number of hydrogen-bond acceptors (Lipinski definition) is 4. The van der Waals surface area contributed by atoms with Gasteiger partial charge in [0, 0.05) is 24.1 Å². The number of aliphatic carboxylic acids is 1. The molecule has 37 heavy (non-hydrogen) atoms. The number of carbonyl (C=O) groups excluding carboxylic acids is 1. The van der Waals surface area contributed by atoms with Gasteiger partial charge in [0.1, 0.15) is 5.82 Å². The predicted molar refractivity (Wildman–Crippen MR) is 133 cm³/mol. The summed E-state index contributed by atoms with van der Waals surface area (Å²) in [6.45, 7) is 2.97. The van der Waals surface area contributed by atoms with E-state index in [4.69, 9.17) is 9.72 Å². The number of nitrogens with zero attached hydrogens (tertiary/aromatic N) is 3. The number of benzene rings is 2. The van der Waals surface area contributed by atoms with Gasteiger partial charge in [-0.2, -0.15) is 0 Å². The van der Waals surface area contributed by atoms with Gasteiger partial charge in [0.05, 0.1) is 30.6 Å². The molecule has 1 amide bonds. The Bertz CT molecular complexity index is 1350. The van der Waals surface area contributed by atoms with E-state index in [0.717, 1.165) is 46.9 Å². The molecule has 196 valence electrons. The van der Waals surface area contributed by atoms with Gasteiger partial charge in [-0.25, -0.2) is 18.6 Å². The molecule has 1 N–H and O–H groups in total. The minimum atomic E-state index is -0.881. The highest BCUT2D eigenvalue weighted by Gasteiger charge is 2.33. The van der Waals surface area contributed by atoms with Crippen molar-refractivity contribution < 1.29 is 28.2 Å². The van der Waals surface area contributed by atoms with Crippen molar-refractivity contribution in [2.45, 2.75) is 64.0 Å². The van der Waals surface area contributed by atoms with Gasteiger partial charge in [-0.1, -0.05) is 18.6 Å². The number of methoxy groups -OCH3 is 1. The minimum Gasteiger partial charge on any atom is -0.481 e. The first kappa shape index (κ1) is 25.2. The lowest BCUT2D eigenvalue weighted by atomic mass is 9.81. The number of carboxylic acid groups (broad SMARTS) is 1. The van der Waals surface area contributed by atoms with E-state index in [2.05, 4.69) is 10.6 Å². The van der Waals surface area contributed by atoms with E-state index in [1.165, 1.54) is 13.2 Å². The zero-order valence-corrected chi connectivity index (χ0v) is 21.0. The Kier molecular flexibility index (Phi) is 6.88. The standard InChI is InChI=1S/C28H31F2N3O4/c1-16(12-17-6-8-22(29)23(30)13-17)33-24-9-7-18-10-11-32(28(36)37-2)15-21(18)25(24)31-26(33)19-4-3-5-20(14-19)27(34)35/h6-9,13,16,19-20H,3-5,10-12,14-15H2,1-2H3,(H,34,35)/t16-,19+,20+/m1/s1. The highest BCUT2D eigenvalue weighted by atomic mass is 19.2. The molecule has 2 aliphatic rings. The van der Waals surface area contributed by atoms with Gasteiger partial charge in [-0.05, 0) is 68.4 Å². The molecule has 0 bridgehead atoms. The molecule has 2 heterocycles. The molecule has 3 atom stereocenters. The van der Waals surface area contributed by atoms with Crippen LogP contribution >= 0.6 is 0 Å². The molecule has 3 aromatic rings. The van der Waals surface area contributed by atoms with Gasteiger partial charge < -0.3 is 19.3 Å². The van der Waals surface area contributed by atoms with Crippen LogP contribution in [0.4, 0.5) is 13.6 Å². The van der Waals surface area contributed by atoms with Crippen molar-refractivity contribution in [3.8, 4) is 0 Å². The van der Waals surface area contributed by atoms with Gasteiger partial charge >= 0.3 is 12.1 Å². The summed E-state index contributed by atoms with van der Waals surface area (Å²) in [5.41, 5.74) is 4.47. The van der Waals surface area contributed by atoms with Gasteiger partial charge in [0.25, 0.3) is 0 Å². The van der Waals surface area contributed by atoms with Crippen LogP contribution in [0.25, 0.3) is 11.0 Å². The second kappa shape index (κ2) is 10.1. The lowest BCUT2D eigenvalue weighted by molar-refractivity contribution is -0.143. The zero-order chi connectivity index (χ0) is 26.3. The van der Waals surface area contributed by atoms with Gasteiger partial charge in [-0.15, -0.1) is 0 Å². The Morgan fingerprint density at radius 3 is 2.73 bits per heavy atom. The van der Waals surface area contributed by atoms with E-state index in [-0.39, 0.29) is 18.1 Å². The Balaban J connectivity index is 1.60. The summed E-state index contributed by atoms with van der Waals surface area (Å²) in [7, 11) is 1.37. The second-order valence-electron chi connectivity index (χ2n) is 10.3. The molecule has 0 radical (unpaired) electrons. The smallest absolute Gasteiger partial charge is 0.409 e. The Hall–Kier alpha value is -3.49. The number of imidazole rings is 1. The Morgan fingerprint density at radius 2 is 2.00 bits per heavy atom. The maximum atomic E-state index is 13.9. The van der Waals surface area contributed by atoms with Crippen molar-refractivity contribution in [1.29, 1.82) is 0 Å². The van der Waals surface area contributed by atoms with Crippen LogP contribution in [0.2, 0.25) is 0 Å². The predicted octanol–water partition coefficient (Wildman–Crippen LogP) is 5.60. The summed E-state index contributed by atoms with van der Waals surface area (Å²) in [4.78, 5) is 30.8. The number of fused-ring (bicyclic) bond motifs is 3. The summed E-state index contributed by atoms with van der Waals surface area (Å²) in [5, 5.41) is 9.68. The van der Waals surface area contributed by atoms with Crippen LogP contribution in [0.5, 0.6) is 0 Å². The third kappa shape index (κ3) is 4.79. The number of carbonyl (C=O) groups is 2. The van der Waals surface area contributed by atoms with Gasteiger partial charge in [0.15, 0.2) is 11.6 Å². The molecule has 0 unspecified atom stereocenters. The molecule has 7 nitrogen and oxygen atoms in total. The first-order valence-corrected chi connectivity index (χ1v) is 12.8. The molecule has 5 rings (SSSR count). The molecule has 1 aromatic heterocycles. The number of hydrogen-bond donors (Lipinski definition) is 1. The van der Waals surface area contributed by atoms with Crippen LogP contribution in [0, 0.1) is 17.6 Å². The third-order valence-corrected chi connectivity index (χ3v) is 7.87. The van der Waals surface area contributed by atoms with E-state index in [1.54, 1.807) is 11.0 Å². The number of halogens is 2. The summed E-state index contributed by atoms with van der Waals surface area (Å²) >= 11 is 0. The summed E-state index contributed by atoms with van der Waals surface area (Å²) in [5.74, 6) is -2.18. The van der Waals surface area contributed by atoms with Crippen LogP contribution in [0.1, 0.15) is 67.1 Å². The summed E-state index contributed by atoms with van der Waals surface area (Å²) in [6, 6.07) is 7.92. The Labute approximate surface area is 214 Å². The molecule has 1 fully saturated rings. The van der Waals surface area contributed by atoms with Crippen LogP contribution in [0.15, 0.2) is 30.3 Å². The van der Waals surface area contributed by atoms with Crippen molar-refractivity contribution in [3.63, 3.8) is 0 Å². The average Bonchev–Trinajstić information content (AvgIpc) is 3.30. The molecule has 0 saturated heterocycles. The molecule has 1 saturated carbocycles. The molecule has 9 heteroatoms. The second-order valence-corrected chi connectivity index (χ2v) is 10.3. The van der Waals surface area contributed by atoms with Crippen LogP contribution in [0.3, 0.4) is 0 Å². The van der Waals surface area contributed by atoms with E-state index in [9.17, 15) is 23.5 Å². The zero-order valence-electron chi connectivity index (χ0n) is 21.0. The van der Waals surface area contributed by atoms with E-state index < -0.39 is 23.5 Å². The maximum absolute atomic E-state index is 13.9. The molecule has 1 aliphatic carbocycles. The third-order valence-electron chi connectivity index (χ3n) is 7.87. The van der Waals surface area contributed by atoms with Gasteiger partial charge in [0.2, 0.25) is 0 Å². The summed E-state index contributed by atoms with van der Waals surface area (Å²) in [6.07, 6.45) is 3.56. The van der Waals surface area contributed by atoms with E-state index in [1.807, 2.05) is 13.0 Å². The molecular weight excluding hydrogens is 480 g/mol. The fourth-order valence-corrected chi connectivity index (χ4v) is 6.00. The number of aromatic nitrogens is 2. The first-order valence-electron chi connectivity index (χ1n) is 12.8. The normalized spacial score (nSPS) is 20.5. The highest BCUT2D eigenvalue weighted by molar-refractivity contribution is 5.82. The molecule has 1 aliphatic heterocycles. The van der Waals surface area contributed by atoms with Crippen LogP contribution in [-0.2, 0) is 28.9 Å². The molecular formula is C28H31F2N3O4. The van der Waals surface area contributed by atoms with Crippen molar-refractivity contribution in [2.75, 3.05) is 13.7 Å². The van der Waals surface area contributed by atoms with Crippen molar-refractivity contribution >= 4 is 23.1 Å². The van der Waals surface area contributed by atoms with Crippen LogP contribution < -0.4 is 0 Å². The van der Waals surface area contributed by atoms with Crippen LogP contribution in [-0.4, -0.2) is 45.3 Å². The van der Waals surface area contributed by atoms with Crippen molar-refractivity contribution in [2.24, 2.45) is 5.92 Å². The van der Waals surface area contributed by atoms with Crippen molar-refractivity contribution in [3.05, 3.63) is 64.5 Å². The minimum absolute atomic E-state index is 0.0365. The molecule has 0 spiro atoms. The quantitative estimate of drug-likeness (QED) is 0.482. The SMILES string of the molecule is COC(=O)N1CCc2ccc3c(nc([C@H]4CCC[C@H](C(=O)O)C4)n3[C@H](C)Cc3ccc(F)c(F)c3)c2C1. The molecule has 2 aromatic carbocycles. The fraction of sp³-hybridized carbons (Fsp3) is 0.464. The summed E-state index contributed by atoms with van der Waals surface area (Å²) < 4.78 is 34.6. The topological polar surface area (TPSA) is 84.7 Å². The van der Waals surface area contributed by atoms with E-state index in [0.29, 0.717) is 44.3 Å². The van der Waals surface area contributed by atoms with Gasteiger partial charge in [-0.3, -0.25) is 4.79 Å². The maximum Gasteiger partial charge on any atom is 0.409 e. The van der Waals surface area contributed by atoms with E-state index >= 15 is 0 Å². The lowest BCUT2D eigenvalue weighted by Gasteiger charge is -2.28. The number of amides is 1. The fourth-order valence-electron chi connectivity index (χ4n) is 6.00. The number of rotatable bonds is 5. The lowest BCUT2D eigenvalue weighted by Crippen LogP contribution is -2.35. The highest BCUT2D eigenvalue weighted by Crippen LogP contribution is 2.40. The average molecular weight is 512 g/mol. The Morgan fingerprint density at radius 1 is 1.19 bits per heavy atom. The number of carboxylic acids is 1. The van der Waals surface area contributed by atoms with Crippen molar-refractivity contribution in [1.82, 2.24) is 14.5 Å². The first-order chi connectivity index (χ1) is 17.8. The monoisotopic (exact) mass is 511 g/mol. The number of ether oxygens (including phenoxy) is 1. The largest absolute Gasteiger partial charge is 0.481 e.